The molecular formula is C10H9N3. The highest BCUT2D eigenvalue weighted by Crippen LogP contribution is 2.17. The molecule has 0 saturated heterocycles. The van der Waals surface area contributed by atoms with Crippen molar-refractivity contribution in [2.45, 2.75) is 13.5 Å². The van der Waals surface area contributed by atoms with Crippen LogP contribution in [-0.2, 0) is 6.54 Å². The summed E-state index contributed by atoms with van der Waals surface area (Å²) in [5.74, 6) is 0. The molecule has 2 rings (SSSR count). The van der Waals surface area contributed by atoms with Gasteiger partial charge in [0, 0.05) is 17.8 Å². The van der Waals surface area contributed by atoms with Crippen LogP contribution in [-0.4, -0.2) is 9.55 Å². The Morgan fingerprint density at radius 1 is 1.62 bits per heavy atom. The summed E-state index contributed by atoms with van der Waals surface area (Å²) in [6, 6.07) is 6.04. The zero-order chi connectivity index (χ0) is 9.26. The van der Waals surface area contributed by atoms with E-state index in [9.17, 15) is 0 Å². The van der Waals surface area contributed by atoms with Gasteiger partial charge in [0.1, 0.15) is 12.2 Å². The van der Waals surface area contributed by atoms with Crippen LogP contribution in [0.2, 0.25) is 0 Å². The van der Waals surface area contributed by atoms with Crippen LogP contribution in [0, 0.1) is 18.3 Å². The van der Waals surface area contributed by atoms with Gasteiger partial charge < -0.3 is 4.57 Å². The molecule has 2 aromatic heterocycles. The van der Waals surface area contributed by atoms with E-state index in [0.717, 1.165) is 11.0 Å². The van der Waals surface area contributed by atoms with Crippen molar-refractivity contribution in [3.63, 3.8) is 0 Å². The van der Waals surface area contributed by atoms with Gasteiger partial charge in [-0.1, -0.05) is 0 Å². The van der Waals surface area contributed by atoms with E-state index in [4.69, 9.17) is 5.26 Å². The highest BCUT2D eigenvalue weighted by Gasteiger charge is 2.04. The molecule has 0 spiro atoms. The van der Waals surface area contributed by atoms with Crippen molar-refractivity contribution in [1.29, 1.82) is 5.26 Å². The van der Waals surface area contributed by atoms with E-state index in [1.807, 2.05) is 29.8 Å². The summed E-state index contributed by atoms with van der Waals surface area (Å²) in [4.78, 5) is 4.23. The minimum Gasteiger partial charge on any atom is -0.318 e. The summed E-state index contributed by atoms with van der Waals surface area (Å²) in [6.07, 6.45) is 3.70. The molecule has 0 N–H and O–H groups in total. The van der Waals surface area contributed by atoms with E-state index in [2.05, 4.69) is 11.1 Å². The van der Waals surface area contributed by atoms with E-state index in [1.54, 1.807) is 6.20 Å². The summed E-state index contributed by atoms with van der Waals surface area (Å²) in [6.45, 7) is 2.39. The van der Waals surface area contributed by atoms with Gasteiger partial charge in [0.2, 0.25) is 0 Å². The number of aromatic nitrogens is 2. The summed E-state index contributed by atoms with van der Waals surface area (Å²) in [5.41, 5.74) is 2.06. The fourth-order valence-corrected chi connectivity index (χ4v) is 1.49. The highest BCUT2D eigenvalue weighted by atomic mass is 15.0. The van der Waals surface area contributed by atoms with Crippen molar-refractivity contribution in [2.24, 2.45) is 0 Å². The first-order valence-corrected chi connectivity index (χ1v) is 4.10. The van der Waals surface area contributed by atoms with Crippen LogP contribution in [0.3, 0.4) is 0 Å². The third kappa shape index (κ3) is 1.17. The van der Waals surface area contributed by atoms with Crippen LogP contribution in [0.15, 0.2) is 24.5 Å². The van der Waals surface area contributed by atoms with E-state index < -0.39 is 0 Å². The van der Waals surface area contributed by atoms with Gasteiger partial charge in [-0.3, -0.25) is 0 Å². The predicted molar refractivity (Wildman–Crippen MR) is 50.1 cm³/mol. The first kappa shape index (κ1) is 7.81. The first-order valence-electron chi connectivity index (χ1n) is 4.10. The Bertz CT molecular complexity index is 476. The number of fused-ring (bicyclic) bond motifs is 1. The maximum atomic E-state index is 8.59. The lowest BCUT2D eigenvalue weighted by molar-refractivity contribution is 0.858. The van der Waals surface area contributed by atoms with Crippen LogP contribution in [0.25, 0.3) is 11.0 Å². The molecule has 64 valence electrons. The second-order valence-corrected chi connectivity index (χ2v) is 2.97. The Labute approximate surface area is 76.2 Å². The second-order valence-electron chi connectivity index (χ2n) is 2.97. The average molecular weight is 171 g/mol. The molecule has 13 heavy (non-hydrogen) atoms. The zero-order valence-electron chi connectivity index (χ0n) is 7.36. The molecule has 3 nitrogen and oxygen atoms in total. The van der Waals surface area contributed by atoms with Crippen LogP contribution in [0.4, 0.5) is 0 Å². The first-order chi connectivity index (χ1) is 6.33. The van der Waals surface area contributed by atoms with E-state index in [-0.39, 0.29) is 0 Å². The second kappa shape index (κ2) is 2.91. The van der Waals surface area contributed by atoms with Gasteiger partial charge in [0.15, 0.2) is 0 Å². The van der Waals surface area contributed by atoms with E-state index >= 15 is 0 Å². The fourth-order valence-electron chi connectivity index (χ4n) is 1.49. The quantitative estimate of drug-likeness (QED) is 0.657. The number of rotatable bonds is 1. The Balaban J connectivity index is 2.72. The van der Waals surface area contributed by atoms with E-state index in [0.29, 0.717) is 6.54 Å². The lowest BCUT2D eigenvalue weighted by Crippen LogP contribution is -1.93. The predicted octanol–water partition coefficient (Wildman–Crippen LogP) is 1.87. The van der Waals surface area contributed by atoms with Crippen molar-refractivity contribution in [3.8, 4) is 6.07 Å². The standard InChI is InChI=1S/C10H9N3/c1-8-7-13(6-4-11)10-9(8)3-2-5-12-10/h2-3,5,7H,6H2,1H3. The summed E-state index contributed by atoms with van der Waals surface area (Å²) in [5, 5.41) is 9.71. The topological polar surface area (TPSA) is 41.6 Å². The number of nitriles is 1. The molecule has 0 atom stereocenters. The fraction of sp³-hybridized carbons (Fsp3) is 0.200. The maximum absolute atomic E-state index is 8.59. The molecule has 0 aliphatic rings. The summed E-state index contributed by atoms with van der Waals surface area (Å²) in [7, 11) is 0. The maximum Gasteiger partial charge on any atom is 0.141 e. The third-order valence-corrected chi connectivity index (χ3v) is 2.07. The van der Waals surface area contributed by atoms with Crippen LogP contribution in [0.1, 0.15) is 5.56 Å². The molecule has 0 aliphatic carbocycles. The molecule has 0 saturated carbocycles. The molecule has 0 amide bonds. The third-order valence-electron chi connectivity index (χ3n) is 2.07. The van der Waals surface area contributed by atoms with Gasteiger partial charge in [0.05, 0.1) is 6.07 Å². The average Bonchev–Trinajstić information content (AvgIpc) is 2.46. The van der Waals surface area contributed by atoms with Crippen molar-refractivity contribution >= 4 is 11.0 Å². The van der Waals surface area contributed by atoms with Gasteiger partial charge in [-0.2, -0.15) is 5.26 Å². The lowest BCUT2D eigenvalue weighted by atomic mass is 10.2. The molecule has 2 aromatic rings. The molecular weight excluding hydrogens is 162 g/mol. The molecule has 0 radical (unpaired) electrons. The molecule has 2 heterocycles. The monoisotopic (exact) mass is 171 g/mol. The minimum absolute atomic E-state index is 0.362. The Morgan fingerprint density at radius 3 is 3.23 bits per heavy atom. The molecule has 0 fully saturated rings. The van der Waals surface area contributed by atoms with E-state index in [1.165, 1.54) is 5.56 Å². The molecule has 0 aromatic carbocycles. The van der Waals surface area contributed by atoms with Crippen molar-refractivity contribution in [2.75, 3.05) is 0 Å². The number of hydrogen-bond acceptors (Lipinski definition) is 2. The van der Waals surface area contributed by atoms with Gasteiger partial charge in [0.25, 0.3) is 0 Å². The van der Waals surface area contributed by atoms with Gasteiger partial charge >= 0.3 is 0 Å². The van der Waals surface area contributed by atoms with Gasteiger partial charge in [-0.25, -0.2) is 4.98 Å². The lowest BCUT2D eigenvalue weighted by Gasteiger charge is -1.95. The SMILES string of the molecule is Cc1cn(CC#N)c2ncccc12. The van der Waals surface area contributed by atoms with Gasteiger partial charge in [-0.15, -0.1) is 0 Å². The molecule has 0 unspecified atom stereocenters. The summed E-state index contributed by atoms with van der Waals surface area (Å²) < 4.78 is 1.87. The molecule has 0 bridgehead atoms. The minimum atomic E-state index is 0.362. The largest absolute Gasteiger partial charge is 0.318 e. The molecule has 0 aliphatic heterocycles. The number of nitrogens with zero attached hydrogens (tertiary/aromatic N) is 3. The Hall–Kier alpha value is -1.82. The van der Waals surface area contributed by atoms with Crippen LogP contribution < -0.4 is 0 Å². The van der Waals surface area contributed by atoms with Crippen molar-refractivity contribution in [3.05, 3.63) is 30.1 Å². The molecule has 3 heteroatoms. The van der Waals surface area contributed by atoms with Gasteiger partial charge in [-0.05, 0) is 24.6 Å². The van der Waals surface area contributed by atoms with Crippen LogP contribution >= 0.6 is 0 Å². The smallest absolute Gasteiger partial charge is 0.141 e. The Morgan fingerprint density at radius 2 is 2.46 bits per heavy atom. The highest BCUT2D eigenvalue weighted by molar-refractivity contribution is 5.79. The van der Waals surface area contributed by atoms with Crippen molar-refractivity contribution < 1.29 is 0 Å². The summed E-state index contributed by atoms with van der Waals surface area (Å²) >= 11 is 0. The number of pyridine rings is 1. The van der Waals surface area contributed by atoms with Crippen LogP contribution in [0.5, 0.6) is 0 Å². The van der Waals surface area contributed by atoms with Crippen molar-refractivity contribution in [1.82, 2.24) is 9.55 Å². The zero-order valence-corrected chi connectivity index (χ0v) is 7.36. The number of hydrogen-bond donors (Lipinski definition) is 0. The number of aryl methyl sites for hydroxylation is 1. The normalized spacial score (nSPS) is 10.2. The Kier molecular flexibility index (Phi) is 1.75.